The second kappa shape index (κ2) is 14.0. The van der Waals surface area contributed by atoms with Gasteiger partial charge < -0.3 is 29.7 Å². The van der Waals surface area contributed by atoms with Crippen LogP contribution in [-0.4, -0.2) is 53.8 Å². The molecule has 0 spiro atoms. The van der Waals surface area contributed by atoms with Crippen molar-refractivity contribution in [2.45, 2.75) is 51.6 Å². The highest BCUT2D eigenvalue weighted by atomic mass is 35.5. The third-order valence-electron chi connectivity index (χ3n) is 6.35. The fraction of sp³-hybridized carbons (Fsp3) is 0.357. The van der Waals surface area contributed by atoms with Gasteiger partial charge in [-0.3, -0.25) is 19.7 Å². The molecule has 4 rings (SSSR count). The number of benzene rings is 2. The van der Waals surface area contributed by atoms with Gasteiger partial charge in [0.25, 0.3) is 5.91 Å². The van der Waals surface area contributed by atoms with Crippen molar-refractivity contribution in [3.8, 4) is 17.2 Å². The number of hydrogen-bond acceptors (Lipinski definition) is 8. The number of carbonyl (C=O) groups excluding carboxylic acids is 2. The number of hydrogen-bond donors (Lipinski definition) is 5. The summed E-state index contributed by atoms with van der Waals surface area (Å²) in [6.07, 6.45) is 4.70. The molecular formula is C28H33ClN5O8P. The lowest BCUT2D eigenvalue weighted by Crippen LogP contribution is -2.38. The molecule has 1 aliphatic carbocycles. The fourth-order valence-corrected chi connectivity index (χ4v) is 5.70. The molecule has 2 atom stereocenters. The van der Waals surface area contributed by atoms with E-state index in [1.165, 1.54) is 38.4 Å². The summed E-state index contributed by atoms with van der Waals surface area (Å²) in [5, 5.41) is 20.2. The summed E-state index contributed by atoms with van der Waals surface area (Å²) in [6, 6.07) is 7.93. The Bertz CT molecular complexity index is 1570. The summed E-state index contributed by atoms with van der Waals surface area (Å²) in [7, 11) is -2.78. The molecule has 1 aliphatic rings. The topological polar surface area (TPSA) is 177 Å². The maximum absolute atomic E-state index is 13.5. The largest absolute Gasteiger partial charge is 0.496 e. The molecule has 1 heterocycles. The average Bonchev–Trinajstić information content (AvgIpc) is 3.77. The molecule has 15 heteroatoms. The lowest BCUT2D eigenvalue weighted by atomic mass is 10.1. The zero-order valence-corrected chi connectivity index (χ0v) is 25.5. The molecule has 1 fully saturated rings. The van der Waals surface area contributed by atoms with E-state index in [1.54, 1.807) is 18.2 Å². The average molecular weight is 634 g/mol. The number of carbonyl (C=O) groups is 3. The van der Waals surface area contributed by atoms with Gasteiger partial charge in [0.1, 0.15) is 23.3 Å². The number of unbranched alkanes of at least 4 members (excludes halogenated alkanes) is 1. The van der Waals surface area contributed by atoms with Crippen LogP contribution < -0.4 is 30.3 Å². The molecule has 0 aliphatic heterocycles. The van der Waals surface area contributed by atoms with Crippen LogP contribution in [0.2, 0.25) is 5.02 Å². The van der Waals surface area contributed by atoms with Crippen LogP contribution in [0.4, 0.5) is 10.5 Å². The molecule has 1 saturated carbocycles. The van der Waals surface area contributed by atoms with Crippen LogP contribution in [0.25, 0.3) is 10.9 Å². The van der Waals surface area contributed by atoms with Crippen LogP contribution in [0, 0.1) is 0 Å². The van der Waals surface area contributed by atoms with Gasteiger partial charge in [0.2, 0.25) is 0 Å². The number of urea groups is 1. The predicted molar refractivity (Wildman–Crippen MR) is 161 cm³/mol. The van der Waals surface area contributed by atoms with E-state index in [1.807, 2.05) is 6.92 Å². The van der Waals surface area contributed by atoms with Crippen molar-refractivity contribution < 1.29 is 38.1 Å². The Morgan fingerprint density at radius 3 is 2.58 bits per heavy atom. The number of ether oxygens (including phenoxy) is 2. The number of carboxylic acid groups (broad SMARTS) is 1. The molecule has 230 valence electrons. The van der Waals surface area contributed by atoms with E-state index in [0.29, 0.717) is 34.5 Å². The first kappa shape index (κ1) is 32.0. The molecule has 13 nitrogen and oxygen atoms in total. The normalized spacial score (nSPS) is 14.8. The first-order valence-corrected chi connectivity index (χ1v) is 15.6. The number of nitrogens with zero attached hydrogens (tertiary/aromatic N) is 1. The predicted octanol–water partition coefficient (Wildman–Crippen LogP) is 5.69. The summed E-state index contributed by atoms with van der Waals surface area (Å²) >= 11 is 6.39. The van der Waals surface area contributed by atoms with Crippen LogP contribution in [0.1, 0.15) is 49.9 Å². The summed E-state index contributed by atoms with van der Waals surface area (Å²) in [6.45, 7) is 3.22. The number of rotatable bonds is 14. The van der Waals surface area contributed by atoms with Crippen LogP contribution >= 0.6 is 19.3 Å². The van der Waals surface area contributed by atoms with Gasteiger partial charge in [-0.2, -0.15) is 0 Å². The van der Waals surface area contributed by atoms with Crippen molar-refractivity contribution in [2.24, 2.45) is 0 Å². The van der Waals surface area contributed by atoms with E-state index >= 15 is 0 Å². The minimum Gasteiger partial charge on any atom is -0.496 e. The molecule has 5 N–H and O–H groups in total. The van der Waals surface area contributed by atoms with Gasteiger partial charge in [-0.1, -0.05) is 24.9 Å². The van der Waals surface area contributed by atoms with E-state index in [0.717, 1.165) is 19.3 Å². The number of halogens is 1. The molecule has 2 aromatic carbocycles. The zero-order valence-electron chi connectivity index (χ0n) is 23.8. The Morgan fingerprint density at radius 2 is 1.93 bits per heavy atom. The molecule has 43 heavy (non-hydrogen) atoms. The third-order valence-corrected chi connectivity index (χ3v) is 8.43. The van der Waals surface area contributed by atoms with Gasteiger partial charge in [-0.05, 0) is 50.5 Å². The monoisotopic (exact) mass is 633 g/mol. The molecule has 0 radical (unpaired) electrons. The summed E-state index contributed by atoms with van der Waals surface area (Å²) < 4.78 is 30.4. The van der Waals surface area contributed by atoms with Gasteiger partial charge >= 0.3 is 19.7 Å². The SMILES string of the molecule is CCCCOP(=O)(NC(=O)c1cc2c(Oc3ccc(NC(=O)NC4CC4)c(Cl)c3)ccnc2cc1OC)N[C@@H](C)C(=O)O. The van der Waals surface area contributed by atoms with Crippen molar-refractivity contribution in [1.29, 1.82) is 0 Å². The molecule has 1 aromatic heterocycles. The van der Waals surface area contributed by atoms with Crippen LogP contribution in [0.15, 0.2) is 42.6 Å². The van der Waals surface area contributed by atoms with E-state index < -0.39 is 25.6 Å². The van der Waals surface area contributed by atoms with E-state index in [2.05, 4.69) is 25.8 Å². The first-order valence-electron chi connectivity index (χ1n) is 13.6. The van der Waals surface area contributed by atoms with Crippen molar-refractivity contribution in [3.63, 3.8) is 0 Å². The van der Waals surface area contributed by atoms with E-state index in [-0.39, 0.29) is 35.0 Å². The summed E-state index contributed by atoms with van der Waals surface area (Å²) in [4.78, 5) is 41.3. The molecule has 3 amide bonds. The number of fused-ring (bicyclic) bond motifs is 1. The number of aromatic nitrogens is 1. The molecule has 0 saturated heterocycles. The Balaban J connectivity index is 1.60. The number of aliphatic carboxylic acids is 1. The molecule has 3 aromatic rings. The first-order chi connectivity index (χ1) is 20.5. The standard InChI is InChI=1S/C28H33ClN5O8P/c1-4-5-12-41-43(39,33-16(2)27(36)37)34-26(35)20-14-19-23(15-25(20)40-3)30-11-10-24(19)42-18-8-9-22(21(29)13-18)32-28(38)31-17-6-7-17/h8-11,13-17H,4-7,12H2,1-3H3,(H,36,37)(H2,31,32,38)(H2,33,34,35,39)/t16-,43?/m0/s1. The molecular weight excluding hydrogens is 601 g/mol. The Morgan fingerprint density at radius 1 is 1.16 bits per heavy atom. The highest BCUT2D eigenvalue weighted by Gasteiger charge is 2.32. The third kappa shape index (κ3) is 8.57. The Labute approximate surface area is 253 Å². The molecule has 0 bridgehead atoms. The van der Waals surface area contributed by atoms with Crippen molar-refractivity contribution in [1.82, 2.24) is 20.5 Å². The number of methoxy groups -OCH3 is 1. The van der Waals surface area contributed by atoms with Crippen molar-refractivity contribution >= 4 is 53.8 Å². The zero-order chi connectivity index (χ0) is 31.1. The number of pyridine rings is 1. The smallest absolute Gasteiger partial charge is 0.369 e. The summed E-state index contributed by atoms with van der Waals surface area (Å²) in [5.74, 6) is -1.29. The Kier molecular flexibility index (Phi) is 10.5. The highest BCUT2D eigenvalue weighted by molar-refractivity contribution is 7.55. The van der Waals surface area contributed by atoms with E-state index in [9.17, 15) is 24.1 Å². The summed E-state index contributed by atoms with van der Waals surface area (Å²) in [5.41, 5.74) is 0.829. The minimum atomic E-state index is -4.15. The quantitative estimate of drug-likeness (QED) is 0.109. The number of anilines is 1. The maximum atomic E-state index is 13.5. The van der Waals surface area contributed by atoms with Crippen LogP contribution in [0.3, 0.4) is 0 Å². The van der Waals surface area contributed by atoms with Gasteiger partial charge in [0.05, 0.1) is 35.5 Å². The lowest BCUT2D eigenvalue weighted by molar-refractivity contribution is -0.138. The van der Waals surface area contributed by atoms with Crippen molar-refractivity contribution in [2.75, 3.05) is 19.0 Å². The second-order valence-corrected chi connectivity index (χ2v) is 12.1. The lowest BCUT2D eigenvalue weighted by Gasteiger charge is -2.23. The highest BCUT2D eigenvalue weighted by Crippen LogP contribution is 2.41. The number of nitrogens with one attached hydrogen (secondary N) is 4. The van der Waals surface area contributed by atoms with E-state index in [4.69, 9.17) is 25.6 Å². The van der Waals surface area contributed by atoms with Crippen molar-refractivity contribution in [3.05, 3.63) is 53.2 Å². The minimum absolute atomic E-state index is 0.0174. The van der Waals surface area contributed by atoms with Gasteiger partial charge in [-0.25, -0.2) is 14.4 Å². The van der Waals surface area contributed by atoms with Crippen LogP contribution in [-0.2, 0) is 13.9 Å². The van der Waals surface area contributed by atoms with Gasteiger partial charge in [0.15, 0.2) is 0 Å². The molecule has 1 unspecified atom stereocenters. The Hall–Kier alpha value is -3.90. The number of carboxylic acids is 1. The van der Waals surface area contributed by atoms with Crippen LogP contribution in [0.5, 0.6) is 17.2 Å². The second-order valence-electron chi connectivity index (χ2n) is 9.86. The van der Waals surface area contributed by atoms with Gasteiger partial charge in [0, 0.05) is 29.8 Å². The maximum Gasteiger partial charge on any atom is 0.369 e. The van der Waals surface area contributed by atoms with Gasteiger partial charge in [-0.15, -0.1) is 0 Å². The number of amides is 3. The fourth-order valence-electron chi connectivity index (χ4n) is 3.89.